The molecule has 1 aromatic rings. The lowest BCUT2D eigenvalue weighted by molar-refractivity contribution is -0.142. The second-order valence-electron chi connectivity index (χ2n) is 6.63. The van der Waals surface area contributed by atoms with Crippen LogP contribution in [0.4, 0.5) is 0 Å². The third-order valence-corrected chi connectivity index (χ3v) is 6.35. The van der Waals surface area contributed by atoms with E-state index in [4.69, 9.17) is 0 Å². The van der Waals surface area contributed by atoms with Crippen LogP contribution in [0.2, 0.25) is 0 Å². The van der Waals surface area contributed by atoms with Crippen LogP contribution >= 0.6 is 0 Å². The molecule has 2 N–H and O–H groups in total. The highest BCUT2D eigenvalue weighted by atomic mass is 32.2. The topological polar surface area (TPSA) is 104 Å². The zero-order valence-electron chi connectivity index (χ0n) is 14.9. The summed E-state index contributed by atoms with van der Waals surface area (Å²) in [5, 5.41) is 11.7. The Labute approximate surface area is 154 Å². The first kappa shape index (κ1) is 20.4. The zero-order valence-corrected chi connectivity index (χ0v) is 15.7. The van der Waals surface area contributed by atoms with Gasteiger partial charge in [-0.25, -0.2) is 17.5 Å². The number of nitrogens with zero attached hydrogens (tertiary/aromatic N) is 1. The van der Waals surface area contributed by atoms with Crippen molar-refractivity contribution in [3.05, 3.63) is 35.9 Å². The van der Waals surface area contributed by atoms with E-state index in [1.807, 2.05) is 13.0 Å². The highest BCUT2D eigenvalue weighted by Crippen LogP contribution is 2.22. The number of piperidine rings is 1. The van der Waals surface area contributed by atoms with Crippen molar-refractivity contribution in [2.24, 2.45) is 5.92 Å². The summed E-state index contributed by atoms with van der Waals surface area (Å²) in [6, 6.07) is 7.99. The fraction of sp³-hybridized carbons (Fsp3) is 0.556. The number of hydrogen-bond donors (Lipinski definition) is 2. The van der Waals surface area contributed by atoms with Crippen LogP contribution in [0.15, 0.2) is 30.3 Å². The second-order valence-corrected chi connectivity index (χ2v) is 8.60. The maximum Gasteiger partial charge on any atom is 0.326 e. The van der Waals surface area contributed by atoms with Gasteiger partial charge in [-0.15, -0.1) is 0 Å². The Morgan fingerprint density at radius 3 is 2.62 bits per heavy atom. The lowest BCUT2D eigenvalue weighted by atomic mass is 9.98. The Morgan fingerprint density at radius 1 is 1.31 bits per heavy atom. The van der Waals surface area contributed by atoms with E-state index in [0.717, 1.165) is 0 Å². The molecule has 1 aliphatic heterocycles. The SMILES string of the molecule is CCCC(NC(=O)C1CCCN(S(=O)(=O)Cc2ccccc2)C1)C(=O)O. The fourth-order valence-electron chi connectivity index (χ4n) is 3.12. The summed E-state index contributed by atoms with van der Waals surface area (Å²) in [5.74, 6) is -2.07. The van der Waals surface area contributed by atoms with Crippen LogP contribution in [0.25, 0.3) is 0 Å². The third kappa shape index (κ3) is 5.54. The van der Waals surface area contributed by atoms with E-state index in [0.29, 0.717) is 37.8 Å². The standard InChI is InChI=1S/C18H26N2O5S/c1-2-7-16(18(22)23)19-17(21)15-10-6-11-20(12-15)26(24,25)13-14-8-4-3-5-9-14/h3-5,8-9,15-16H,2,6-7,10-13H2,1H3,(H,19,21)(H,22,23). The molecule has 26 heavy (non-hydrogen) atoms. The first-order chi connectivity index (χ1) is 12.3. The smallest absolute Gasteiger partial charge is 0.326 e. The monoisotopic (exact) mass is 382 g/mol. The van der Waals surface area contributed by atoms with E-state index >= 15 is 0 Å². The molecular weight excluding hydrogens is 356 g/mol. The Kier molecular flexibility index (Phi) is 7.16. The summed E-state index contributed by atoms with van der Waals surface area (Å²) < 4.78 is 26.7. The number of aliphatic carboxylic acids is 1. The van der Waals surface area contributed by atoms with E-state index in [1.165, 1.54) is 4.31 Å². The highest BCUT2D eigenvalue weighted by Gasteiger charge is 2.33. The van der Waals surface area contributed by atoms with Crippen LogP contribution in [-0.2, 0) is 25.4 Å². The second kappa shape index (κ2) is 9.14. The average molecular weight is 382 g/mol. The van der Waals surface area contributed by atoms with Gasteiger partial charge in [-0.2, -0.15) is 0 Å². The molecule has 0 aliphatic carbocycles. The van der Waals surface area contributed by atoms with Gasteiger partial charge in [-0.1, -0.05) is 43.7 Å². The van der Waals surface area contributed by atoms with E-state index < -0.39 is 28.0 Å². The minimum atomic E-state index is -3.52. The van der Waals surface area contributed by atoms with Crippen LogP contribution in [0.5, 0.6) is 0 Å². The maximum absolute atomic E-state index is 12.7. The number of nitrogens with one attached hydrogen (secondary N) is 1. The number of carbonyl (C=O) groups excluding carboxylic acids is 1. The largest absolute Gasteiger partial charge is 0.480 e. The molecule has 2 rings (SSSR count). The van der Waals surface area contributed by atoms with Gasteiger partial charge in [0, 0.05) is 13.1 Å². The Balaban J connectivity index is 2.01. The van der Waals surface area contributed by atoms with Crippen molar-refractivity contribution in [2.45, 2.75) is 44.4 Å². The normalized spacial score (nSPS) is 19.7. The van der Waals surface area contributed by atoms with Gasteiger partial charge in [0.2, 0.25) is 15.9 Å². The van der Waals surface area contributed by atoms with Crippen LogP contribution < -0.4 is 5.32 Å². The van der Waals surface area contributed by atoms with Crippen molar-refractivity contribution >= 4 is 21.9 Å². The maximum atomic E-state index is 12.7. The predicted octanol–water partition coefficient (Wildman–Crippen LogP) is 1.60. The number of carbonyl (C=O) groups is 2. The lowest BCUT2D eigenvalue weighted by Gasteiger charge is -2.31. The van der Waals surface area contributed by atoms with Crippen LogP contribution in [0, 0.1) is 5.92 Å². The van der Waals surface area contributed by atoms with Crippen LogP contribution in [-0.4, -0.2) is 48.8 Å². The molecule has 144 valence electrons. The molecule has 0 radical (unpaired) electrons. The molecule has 8 heteroatoms. The molecule has 1 fully saturated rings. The number of carboxylic acid groups (broad SMARTS) is 1. The third-order valence-electron chi connectivity index (χ3n) is 4.53. The molecule has 1 heterocycles. The van der Waals surface area contributed by atoms with E-state index in [9.17, 15) is 23.1 Å². The van der Waals surface area contributed by atoms with Crippen molar-refractivity contribution in [3.8, 4) is 0 Å². The summed E-state index contributed by atoms with van der Waals surface area (Å²) in [4.78, 5) is 23.6. The first-order valence-corrected chi connectivity index (χ1v) is 10.5. The summed E-state index contributed by atoms with van der Waals surface area (Å²) >= 11 is 0. The molecule has 0 aromatic heterocycles. The molecule has 0 saturated carbocycles. The Bertz CT molecular complexity index is 720. The van der Waals surface area contributed by atoms with Crippen molar-refractivity contribution in [1.29, 1.82) is 0 Å². The van der Waals surface area contributed by atoms with Crippen molar-refractivity contribution in [3.63, 3.8) is 0 Å². The molecule has 2 unspecified atom stereocenters. The fourth-order valence-corrected chi connectivity index (χ4v) is 4.73. The molecule has 1 amide bonds. The summed E-state index contributed by atoms with van der Waals surface area (Å²) in [6.07, 6.45) is 2.13. The Morgan fingerprint density at radius 2 is 2.00 bits per heavy atom. The highest BCUT2D eigenvalue weighted by molar-refractivity contribution is 7.88. The van der Waals surface area contributed by atoms with Crippen LogP contribution in [0.1, 0.15) is 38.2 Å². The number of sulfonamides is 1. The van der Waals surface area contributed by atoms with Crippen molar-refractivity contribution in [1.82, 2.24) is 9.62 Å². The quantitative estimate of drug-likeness (QED) is 0.711. The van der Waals surface area contributed by atoms with E-state index in [2.05, 4.69) is 5.32 Å². The molecule has 1 saturated heterocycles. The number of amides is 1. The number of hydrogen-bond acceptors (Lipinski definition) is 4. The average Bonchev–Trinajstić information content (AvgIpc) is 2.61. The minimum Gasteiger partial charge on any atom is -0.480 e. The molecular formula is C18H26N2O5S. The molecule has 0 bridgehead atoms. The molecule has 1 aromatic carbocycles. The van der Waals surface area contributed by atoms with E-state index in [-0.39, 0.29) is 18.2 Å². The molecule has 7 nitrogen and oxygen atoms in total. The van der Waals surface area contributed by atoms with Gasteiger partial charge in [0.05, 0.1) is 11.7 Å². The zero-order chi connectivity index (χ0) is 19.2. The first-order valence-electron chi connectivity index (χ1n) is 8.88. The Hall–Kier alpha value is -1.93. The summed E-state index contributed by atoms with van der Waals surface area (Å²) in [6.45, 7) is 2.33. The lowest BCUT2D eigenvalue weighted by Crippen LogP contribution is -2.49. The number of rotatable bonds is 8. The van der Waals surface area contributed by atoms with Gasteiger partial charge in [-0.05, 0) is 24.8 Å². The minimum absolute atomic E-state index is 0.0967. The number of benzene rings is 1. The number of carboxylic acids is 1. The molecule has 0 spiro atoms. The van der Waals surface area contributed by atoms with Gasteiger partial charge < -0.3 is 10.4 Å². The van der Waals surface area contributed by atoms with Crippen molar-refractivity contribution < 1.29 is 23.1 Å². The van der Waals surface area contributed by atoms with Crippen molar-refractivity contribution in [2.75, 3.05) is 13.1 Å². The molecule has 1 aliphatic rings. The van der Waals surface area contributed by atoms with Gasteiger partial charge in [-0.3, -0.25) is 4.79 Å². The van der Waals surface area contributed by atoms with Gasteiger partial charge >= 0.3 is 5.97 Å². The van der Waals surface area contributed by atoms with Gasteiger partial charge in [0.25, 0.3) is 0 Å². The predicted molar refractivity (Wildman–Crippen MR) is 97.8 cm³/mol. The molecule has 2 atom stereocenters. The summed E-state index contributed by atoms with van der Waals surface area (Å²) in [7, 11) is -3.52. The van der Waals surface area contributed by atoms with Gasteiger partial charge in [0.1, 0.15) is 6.04 Å². The summed E-state index contributed by atoms with van der Waals surface area (Å²) in [5.41, 5.74) is 0.702. The van der Waals surface area contributed by atoms with E-state index in [1.54, 1.807) is 24.3 Å². The van der Waals surface area contributed by atoms with Crippen LogP contribution in [0.3, 0.4) is 0 Å². The van der Waals surface area contributed by atoms with Gasteiger partial charge in [0.15, 0.2) is 0 Å².